The minimum atomic E-state index is -0.970. The van der Waals surface area contributed by atoms with Crippen LogP contribution in [0.3, 0.4) is 0 Å². The molecule has 0 fully saturated rings. The van der Waals surface area contributed by atoms with Crippen LogP contribution in [0.25, 0.3) is 0 Å². The van der Waals surface area contributed by atoms with Gasteiger partial charge in [-0.3, -0.25) is 4.79 Å². The molecular weight excluding hydrogens is 322 g/mol. The second kappa shape index (κ2) is 8.85. The van der Waals surface area contributed by atoms with Crippen LogP contribution in [0, 0.1) is 5.41 Å². The summed E-state index contributed by atoms with van der Waals surface area (Å²) < 4.78 is 15.9. The third-order valence-corrected chi connectivity index (χ3v) is 3.67. The summed E-state index contributed by atoms with van der Waals surface area (Å²) in [5.41, 5.74) is -0.591. The molecule has 1 amide bonds. The molecule has 0 aliphatic rings. The third kappa shape index (κ3) is 7.13. The zero-order chi connectivity index (χ0) is 19.1. The smallest absolute Gasteiger partial charge is 0.407 e. The van der Waals surface area contributed by atoms with E-state index in [0.29, 0.717) is 6.61 Å². The molecule has 0 radical (unpaired) electrons. The average molecular weight is 351 g/mol. The second-order valence-electron chi connectivity index (χ2n) is 7.41. The van der Waals surface area contributed by atoms with E-state index in [-0.39, 0.29) is 6.61 Å². The van der Waals surface area contributed by atoms with Gasteiger partial charge in [0.2, 0.25) is 0 Å². The lowest BCUT2D eigenvalue weighted by atomic mass is 9.85. The molecular formula is C19H29NO5. The van der Waals surface area contributed by atoms with Gasteiger partial charge in [0.25, 0.3) is 0 Å². The van der Waals surface area contributed by atoms with Crippen LogP contribution < -0.4 is 5.32 Å². The highest BCUT2D eigenvalue weighted by molar-refractivity contribution is 5.78. The van der Waals surface area contributed by atoms with Crippen molar-refractivity contribution in [3.05, 3.63) is 35.9 Å². The van der Waals surface area contributed by atoms with Crippen molar-refractivity contribution in [1.82, 2.24) is 5.32 Å². The molecule has 1 atom stereocenters. The largest absolute Gasteiger partial charge is 0.469 e. The Balaban J connectivity index is 2.77. The monoisotopic (exact) mass is 351 g/mol. The molecule has 0 saturated carbocycles. The zero-order valence-electron chi connectivity index (χ0n) is 15.9. The molecule has 1 aromatic rings. The van der Waals surface area contributed by atoms with Crippen molar-refractivity contribution in [3.8, 4) is 0 Å². The van der Waals surface area contributed by atoms with Gasteiger partial charge in [-0.05, 0) is 40.2 Å². The van der Waals surface area contributed by atoms with Crippen molar-refractivity contribution < 1.29 is 23.8 Å². The van der Waals surface area contributed by atoms with Crippen LogP contribution >= 0.6 is 0 Å². The molecule has 0 aromatic heterocycles. The maximum absolute atomic E-state index is 12.1. The molecule has 1 unspecified atom stereocenters. The SMILES string of the molecule is COC(=O)C(C)(C)C(COCc1ccccc1)NC(=O)OC(C)(C)C. The highest BCUT2D eigenvalue weighted by atomic mass is 16.6. The number of rotatable bonds is 7. The Morgan fingerprint density at radius 2 is 1.68 bits per heavy atom. The van der Waals surface area contributed by atoms with Gasteiger partial charge in [0.15, 0.2) is 0 Å². The molecule has 6 nitrogen and oxygen atoms in total. The molecule has 0 heterocycles. The van der Waals surface area contributed by atoms with Crippen LogP contribution in [0.2, 0.25) is 0 Å². The van der Waals surface area contributed by atoms with E-state index in [2.05, 4.69) is 5.32 Å². The van der Waals surface area contributed by atoms with E-state index in [0.717, 1.165) is 5.56 Å². The number of ether oxygens (including phenoxy) is 3. The predicted molar refractivity (Wildman–Crippen MR) is 95.1 cm³/mol. The molecule has 1 aromatic carbocycles. The normalized spacial score (nSPS) is 13.0. The van der Waals surface area contributed by atoms with Crippen molar-refractivity contribution in [1.29, 1.82) is 0 Å². The van der Waals surface area contributed by atoms with Gasteiger partial charge in [0.05, 0.1) is 31.8 Å². The van der Waals surface area contributed by atoms with Crippen LogP contribution in [-0.4, -0.2) is 37.4 Å². The molecule has 25 heavy (non-hydrogen) atoms. The summed E-state index contributed by atoms with van der Waals surface area (Å²) >= 11 is 0. The van der Waals surface area contributed by atoms with E-state index in [4.69, 9.17) is 14.2 Å². The average Bonchev–Trinajstić information content (AvgIpc) is 2.52. The topological polar surface area (TPSA) is 73.9 Å². The van der Waals surface area contributed by atoms with E-state index in [1.165, 1.54) is 7.11 Å². The van der Waals surface area contributed by atoms with Crippen LogP contribution in [0.4, 0.5) is 4.79 Å². The first-order valence-corrected chi connectivity index (χ1v) is 8.26. The second-order valence-corrected chi connectivity index (χ2v) is 7.41. The van der Waals surface area contributed by atoms with Crippen LogP contribution in [0.1, 0.15) is 40.2 Å². The van der Waals surface area contributed by atoms with Gasteiger partial charge >= 0.3 is 12.1 Å². The first-order valence-electron chi connectivity index (χ1n) is 8.26. The number of amides is 1. The molecule has 0 aliphatic heterocycles. The zero-order valence-corrected chi connectivity index (χ0v) is 15.9. The fraction of sp³-hybridized carbons (Fsp3) is 0.579. The number of carbonyl (C=O) groups is 2. The summed E-state index contributed by atoms with van der Waals surface area (Å²) in [7, 11) is 1.32. The van der Waals surface area contributed by atoms with E-state index >= 15 is 0 Å². The number of nitrogens with one attached hydrogen (secondary N) is 1. The van der Waals surface area contributed by atoms with Crippen molar-refractivity contribution in [2.24, 2.45) is 5.41 Å². The molecule has 140 valence electrons. The lowest BCUT2D eigenvalue weighted by Gasteiger charge is -2.33. The number of carbonyl (C=O) groups excluding carboxylic acids is 2. The van der Waals surface area contributed by atoms with Gasteiger partial charge in [-0.1, -0.05) is 30.3 Å². The van der Waals surface area contributed by atoms with Crippen LogP contribution in [0.5, 0.6) is 0 Å². The van der Waals surface area contributed by atoms with Crippen molar-refractivity contribution in [2.75, 3.05) is 13.7 Å². The maximum atomic E-state index is 12.1. The highest BCUT2D eigenvalue weighted by Gasteiger charge is 2.39. The van der Waals surface area contributed by atoms with E-state index in [1.807, 2.05) is 30.3 Å². The maximum Gasteiger partial charge on any atom is 0.407 e. The number of hydrogen-bond acceptors (Lipinski definition) is 5. The first kappa shape index (κ1) is 21.0. The molecule has 0 saturated heterocycles. The summed E-state index contributed by atoms with van der Waals surface area (Å²) in [5, 5.41) is 2.73. The van der Waals surface area contributed by atoms with E-state index in [1.54, 1.807) is 34.6 Å². The number of benzene rings is 1. The van der Waals surface area contributed by atoms with Gasteiger partial charge in [0, 0.05) is 0 Å². The fourth-order valence-electron chi connectivity index (χ4n) is 2.15. The highest BCUT2D eigenvalue weighted by Crippen LogP contribution is 2.24. The minimum absolute atomic E-state index is 0.149. The Hall–Kier alpha value is -2.08. The van der Waals surface area contributed by atoms with Crippen LogP contribution in [0.15, 0.2) is 30.3 Å². The Morgan fingerprint density at radius 3 is 2.20 bits per heavy atom. The summed E-state index contributed by atoms with van der Waals surface area (Å²) in [6.07, 6.45) is -0.599. The van der Waals surface area contributed by atoms with E-state index < -0.39 is 29.1 Å². The minimum Gasteiger partial charge on any atom is -0.469 e. The van der Waals surface area contributed by atoms with E-state index in [9.17, 15) is 9.59 Å². The quantitative estimate of drug-likeness (QED) is 0.763. The molecule has 0 spiro atoms. The van der Waals surface area contributed by atoms with Gasteiger partial charge < -0.3 is 19.5 Å². The first-order chi connectivity index (χ1) is 11.6. The standard InChI is InChI=1S/C19H29NO5/c1-18(2,3)25-17(22)20-15(19(4,5)16(21)23-6)13-24-12-14-10-8-7-9-11-14/h7-11,15H,12-13H2,1-6H3,(H,20,22). The lowest BCUT2D eigenvalue weighted by molar-refractivity contribution is -0.153. The summed E-state index contributed by atoms with van der Waals surface area (Å²) in [6, 6.07) is 9.07. The Kier molecular flexibility index (Phi) is 7.42. The molecule has 0 bridgehead atoms. The molecule has 0 aliphatic carbocycles. The summed E-state index contributed by atoms with van der Waals surface area (Å²) in [4.78, 5) is 24.2. The molecule has 6 heteroatoms. The Bertz CT molecular complexity index is 563. The lowest BCUT2D eigenvalue weighted by Crippen LogP contribution is -2.52. The number of alkyl carbamates (subject to hydrolysis) is 1. The number of hydrogen-bond donors (Lipinski definition) is 1. The Labute approximate surface area is 149 Å². The molecule has 1 N–H and O–H groups in total. The Morgan fingerprint density at radius 1 is 1.08 bits per heavy atom. The fourth-order valence-corrected chi connectivity index (χ4v) is 2.15. The van der Waals surface area contributed by atoms with Crippen molar-refractivity contribution in [3.63, 3.8) is 0 Å². The third-order valence-electron chi connectivity index (χ3n) is 3.67. The van der Waals surface area contributed by atoms with Gasteiger partial charge in [-0.15, -0.1) is 0 Å². The van der Waals surface area contributed by atoms with Crippen molar-refractivity contribution in [2.45, 2.75) is 52.9 Å². The summed E-state index contributed by atoms with van der Waals surface area (Å²) in [6.45, 7) is 9.26. The summed E-state index contributed by atoms with van der Waals surface area (Å²) in [5.74, 6) is -0.433. The molecule has 1 rings (SSSR count). The predicted octanol–water partition coefficient (Wildman–Crippen LogP) is 3.30. The van der Waals surface area contributed by atoms with Gasteiger partial charge in [-0.25, -0.2) is 4.79 Å². The number of esters is 1. The van der Waals surface area contributed by atoms with Crippen molar-refractivity contribution >= 4 is 12.1 Å². The van der Waals surface area contributed by atoms with Crippen LogP contribution in [-0.2, 0) is 25.6 Å². The van der Waals surface area contributed by atoms with Gasteiger partial charge in [-0.2, -0.15) is 0 Å². The number of methoxy groups -OCH3 is 1. The van der Waals surface area contributed by atoms with Gasteiger partial charge in [0.1, 0.15) is 5.60 Å².